The molecule has 9 heterocycles. The topological polar surface area (TPSA) is 258 Å². The molecule has 17 nitrogen and oxygen atoms in total. The van der Waals surface area contributed by atoms with Crippen molar-refractivity contribution in [2.24, 2.45) is 37.6 Å². The Balaban J connectivity index is 0.000000118. The van der Waals surface area contributed by atoms with Crippen molar-refractivity contribution in [3.63, 3.8) is 0 Å². The van der Waals surface area contributed by atoms with E-state index in [1.54, 1.807) is 118 Å². The second-order valence-electron chi connectivity index (χ2n) is 28.9. The SMILES string of the molecule is Cc1cc(-c2ncccc2-c2ccc(C(=N)N)c(N)c2)ccc1F.Cc1cc(-c2ncccc2-c2ccc3c(N)nn(C)c3c2)ccc1F.Cc1cc(-c2ncccc2-c2ccc3c(c2)C(N)=NC3)ccc1F.Cn1cnc2ccc(-c3cccnc3-c3cc(Cl)c(F)cc3F)cc21.Cn1cnc2ccc(-c3cccnc3-c3cc(Cl)ccc3F)cc21. The van der Waals surface area contributed by atoms with Crippen LogP contribution in [0, 0.1) is 61.1 Å². The molecule has 0 amide bonds. The Hall–Kier alpha value is -14.9. The summed E-state index contributed by atoms with van der Waals surface area (Å²) in [6.07, 6.45) is 11.9. The highest BCUT2D eigenvalue weighted by Gasteiger charge is 2.22. The number of nitrogen functional groups attached to an aromatic ring is 3. The molecule has 604 valence electrons. The fourth-order valence-electron chi connectivity index (χ4n) is 14.5. The predicted octanol–water partition coefficient (Wildman–Crippen LogP) is 22.5. The largest absolute Gasteiger partial charge is 0.398 e. The number of aliphatic imine (C=N–C) groups is 1. The molecule has 9 N–H and O–H groups in total. The number of hydrogen-bond acceptors (Lipinski definition) is 13. The van der Waals surface area contributed by atoms with Gasteiger partial charge in [0.25, 0.3) is 0 Å². The number of aryl methyl sites for hydroxylation is 6. The molecule has 0 radical (unpaired) electrons. The molecular formula is C97H75Cl2F6N17. The van der Waals surface area contributed by atoms with Crippen LogP contribution in [0.1, 0.15) is 33.4 Å². The number of amidine groups is 2. The van der Waals surface area contributed by atoms with Gasteiger partial charge in [0.15, 0.2) is 5.82 Å². The van der Waals surface area contributed by atoms with Crippen LogP contribution in [0.3, 0.4) is 0 Å². The number of aromatic nitrogens is 11. The van der Waals surface area contributed by atoms with Crippen LogP contribution in [0.2, 0.25) is 10.0 Å². The molecule has 122 heavy (non-hydrogen) atoms. The van der Waals surface area contributed by atoms with Crippen molar-refractivity contribution in [2.75, 3.05) is 11.5 Å². The van der Waals surface area contributed by atoms with Gasteiger partial charge in [0.1, 0.15) is 46.6 Å². The van der Waals surface area contributed by atoms with Crippen LogP contribution >= 0.6 is 23.2 Å². The number of imidazole rings is 2. The van der Waals surface area contributed by atoms with E-state index in [9.17, 15) is 26.3 Å². The number of benzene rings is 10. The number of fused-ring (bicyclic) bond motifs is 4. The first-order chi connectivity index (χ1) is 58.8. The second-order valence-corrected chi connectivity index (χ2v) is 29.8. The van der Waals surface area contributed by atoms with Crippen LogP contribution in [0.15, 0.2) is 285 Å². The Morgan fingerprint density at radius 2 is 0.770 bits per heavy atom. The van der Waals surface area contributed by atoms with Gasteiger partial charge in [0.2, 0.25) is 0 Å². The highest BCUT2D eigenvalue weighted by molar-refractivity contribution is 6.31. The minimum atomic E-state index is -0.795. The molecule has 19 rings (SSSR count). The fourth-order valence-corrected chi connectivity index (χ4v) is 14.8. The summed E-state index contributed by atoms with van der Waals surface area (Å²) in [7, 11) is 5.72. The summed E-state index contributed by atoms with van der Waals surface area (Å²) in [5, 5.41) is 13.0. The molecule has 0 unspecified atom stereocenters. The molecule has 18 aromatic rings. The van der Waals surface area contributed by atoms with Crippen molar-refractivity contribution in [1.29, 1.82) is 5.41 Å². The number of nitrogens with one attached hydrogen (secondary N) is 1. The molecule has 0 saturated heterocycles. The molecule has 1 aliphatic rings. The van der Waals surface area contributed by atoms with E-state index in [4.69, 9.17) is 51.5 Å². The van der Waals surface area contributed by atoms with E-state index in [0.717, 1.165) is 140 Å². The molecule has 10 aromatic carbocycles. The highest BCUT2D eigenvalue weighted by Crippen LogP contribution is 2.41. The van der Waals surface area contributed by atoms with Crippen LogP contribution in [-0.4, -0.2) is 65.5 Å². The zero-order valence-electron chi connectivity index (χ0n) is 66.5. The maximum Gasteiger partial charge on any atom is 0.153 e. The maximum absolute atomic E-state index is 14.3. The third-order valence-electron chi connectivity index (χ3n) is 20.8. The quantitative estimate of drug-likeness (QED) is 0.0266. The van der Waals surface area contributed by atoms with Gasteiger partial charge in [-0.3, -0.25) is 40.0 Å². The number of rotatable bonds is 11. The molecule has 25 heteroatoms. The Morgan fingerprint density at radius 1 is 0.369 bits per heavy atom. The maximum atomic E-state index is 14.3. The number of nitrogens with two attached hydrogens (primary N) is 4. The molecule has 0 atom stereocenters. The summed E-state index contributed by atoms with van der Waals surface area (Å²) in [6, 6.07) is 69.9. The molecule has 0 bridgehead atoms. The third-order valence-corrected chi connectivity index (χ3v) is 21.3. The fraction of sp³-hybridized carbons (Fsp3) is 0.0722. The summed E-state index contributed by atoms with van der Waals surface area (Å²) in [4.78, 5) is 35.1. The summed E-state index contributed by atoms with van der Waals surface area (Å²) in [5.41, 5.74) is 48.6. The molecular weight excluding hydrogens is 1590 g/mol. The first-order valence-corrected chi connectivity index (χ1v) is 39.0. The minimum Gasteiger partial charge on any atom is -0.398 e. The molecule has 0 spiro atoms. The Morgan fingerprint density at radius 3 is 1.24 bits per heavy atom. The average Bonchev–Trinajstić information content (AvgIpc) is 1.56. The molecule has 0 fully saturated rings. The number of halogens is 8. The minimum absolute atomic E-state index is 0.0698. The van der Waals surface area contributed by atoms with Crippen LogP contribution in [0.5, 0.6) is 0 Å². The summed E-state index contributed by atoms with van der Waals surface area (Å²) in [5.74, 6) is -1.49. The lowest BCUT2D eigenvalue weighted by molar-refractivity contribution is 0.585. The van der Waals surface area contributed by atoms with Gasteiger partial charge in [-0.05, 0) is 235 Å². The van der Waals surface area contributed by atoms with Crippen molar-refractivity contribution >= 4 is 79.3 Å². The third kappa shape index (κ3) is 17.4. The Labute approximate surface area is 707 Å². The Kier molecular flexibility index (Phi) is 23.8. The monoisotopic (exact) mass is 1660 g/mol. The number of nitrogens with zero attached hydrogens (tertiary/aromatic N) is 12. The summed E-state index contributed by atoms with van der Waals surface area (Å²) < 4.78 is 88.5. The van der Waals surface area contributed by atoms with Gasteiger partial charge in [0.05, 0.1) is 80.3 Å². The van der Waals surface area contributed by atoms with E-state index in [1.165, 1.54) is 36.4 Å². The number of hydrogen-bond donors (Lipinski definition) is 5. The van der Waals surface area contributed by atoms with Crippen molar-refractivity contribution in [1.82, 2.24) is 53.8 Å². The van der Waals surface area contributed by atoms with Crippen molar-refractivity contribution < 1.29 is 26.3 Å². The van der Waals surface area contributed by atoms with Crippen molar-refractivity contribution in [2.45, 2.75) is 27.3 Å². The average molecular weight is 1660 g/mol. The van der Waals surface area contributed by atoms with E-state index < -0.39 is 11.6 Å². The molecule has 1 aliphatic heterocycles. The first-order valence-electron chi connectivity index (χ1n) is 38.2. The van der Waals surface area contributed by atoms with Crippen molar-refractivity contribution in [3.05, 3.63) is 359 Å². The summed E-state index contributed by atoms with van der Waals surface area (Å²) in [6.45, 7) is 5.87. The lowest BCUT2D eigenvalue weighted by atomic mass is 9.95. The van der Waals surface area contributed by atoms with Crippen LogP contribution in [-0.2, 0) is 27.7 Å². The zero-order chi connectivity index (χ0) is 85.7. The first kappa shape index (κ1) is 82.2. The van der Waals surface area contributed by atoms with Crippen molar-refractivity contribution in [3.8, 4) is 112 Å². The van der Waals surface area contributed by atoms with E-state index in [1.807, 2.05) is 152 Å². The van der Waals surface area contributed by atoms with Crippen LogP contribution in [0.4, 0.5) is 37.8 Å². The van der Waals surface area contributed by atoms with E-state index >= 15 is 0 Å². The smallest absolute Gasteiger partial charge is 0.153 e. The van der Waals surface area contributed by atoms with Gasteiger partial charge >= 0.3 is 0 Å². The predicted molar refractivity (Wildman–Crippen MR) is 477 cm³/mol. The standard InChI is InChI=1S/C20H17FN4.C20H16FN3.C19H12ClF2N3.C19H13ClFN3.C19H17FN4/c1-12-10-14(6-8-17(12)21)19-15(4-3-9-23-19)13-5-7-16-18(11-13)25(2)24-20(16)22;1-12-9-14(6-7-18(12)21)19-16(3-2-8-23-19)13-4-5-15-11-24-20(22)17(15)10-13;1-25-10-24-17-5-4-11(7-18(17)25)12-3-2-6-23-19(12)13-8-14(20)16(22)9-15(13)21;1-24-11-23-17-7-4-12(9-18(17)24)14-3-2-8-22-19(14)15-10-13(20)5-6-16(15)21;1-11-9-13(5-7-16(11)20)18-14(3-2-8-24-18)12-4-6-15(19(22)23)17(21)10-12/h3-11H,1-2H3,(H2,22,24);2-10H,11H2,1H3,(H2,22,24);2-10H,1H3;2-11H,1H3;2-10H,21H2,1H3,(H3,22,23). The van der Waals surface area contributed by atoms with E-state index in [2.05, 4.69) is 69.2 Å². The molecule has 0 saturated carbocycles. The normalized spacial score (nSPS) is 11.4. The lowest BCUT2D eigenvalue weighted by Crippen LogP contribution is -2.13. The van der Waals surface area contributed by atoms with Crippen LogP contribution in [0.25, 0.3) is 145 Å². The molecule has 8 aromatic heterocycles. The Bertz CT molecular complexity index is 7120. The number of anilines is 2. The van der Waals surface area contributed by atoms with Gasteiger partial charge in [-0.25, -0.2) is 36.3 Å². The van der Waals surface area contributed by atoms with Gasteiger partial charge in [0, 0.05) is 141 Å². The van der Waals surface area contributed by atoms with E-state index in [-0.39, 0.29) is 39.7 Å². The van der Waals surface area contributed by atoms with E-state index in [0.29, 0.717) is 68.1 Å². The molecule has 0 aliphatic carbocycles. The lowest BCUT2D eigenvalue weighted by Gasteiger charge is -2.12. The van der Waals surface area contributed by atoms with Crippen LogP contribution < -0.4 is 22.9 Å². The van der Waals surface area contributed by atoms with Gasteiger partial charge in [-0.15, -0.1) is 0 Å². The number of pyridine rings is 5. The van der Waals surface area contributed by atoms with Gasteiger partial charge < -0.3 is 32.1 Å². The van der Waals surface area contributed by atoms with Gasteiger partial charge in [-0.2, -0.15) is 5.10 Å². The summed E-state index contributed by atoms with van der Waals surface area (Å²) >= 11 is 11.9. The highest BCUT2D eigenvalue weighted by atomic mass is 35.5. The second kappa shape index (κ2) is 35.3. The zero-order valence-corrected chi connectivity index (χ0v) is 68.0. The van der Waals surface area contributed by atoms with Gasteiger partial charge in [-0.1, -0.05) is 89.9 Å².